The minimum absolute atomic E-state index is 0.0189. The average Bonchev–Trinajstić information content (AvgIpc) is 2.06. The Morgan fingerprint density at radius 3 is 3.08 bits per heavy atom. The van der Waals surface area contributed by atoms with Crippen molar-refractivity contribution in [2.75, 3.05) is 0 Å². The summed E-state index contributed by atoms with van der Waals surface area (Å²) < 4.78 is 0. The summed E-state index contributed by atoms with van der Waals surface area (Å²) in [5.74, 6) is 0.742. The van der Waals surface area contributed by atoms with Crippen molar-refractivity contribution in [3.8, 4) is 0 Å². The molecule has 3 atom stereocenters. The standard InChI is InChI=1S/C11H18O/c1-11-6-3-2-4-9(11)8-10(12)5-7-11/h2-3,9-10,12H,4-8H2,1H3/t9-,10-,11-/m1/s1. The van der Waals surface area contributed by atoms with Crippen LogP contribution >= 0.6 is 0 Å². The highest BCUT2D eigenvalue weighted by atomic mass is 16.3. The highest BCUT2D eigenvalue weighted by molar-refractivity contribution is 5.03. The van der Waals surface area contributed by atoms with Crippen LogP contribution in [-0.4, -0.2) is 11.2 Å². The molecule has 1 fully saturated rings. The molecule has 0 aromatic carbocycles. The maximum atomic E-state index is 9.54. The number of rotatable bonds is 0. The summed E-state index contributed by atoms with van der Waals surface area (Å²) >= 11 is 0. The fourth-order valence-corrected chi connectivity index (χ4v) is 2.69. The maximum Gasteiger partial charge on any atom is 0.0543 e. The van der Waals surface area contributed by atoms with Gasteiger partial charge in [0.05, 0.1) is 6.10 Å². The van der Waals surface area contributed by atoms with Crippen molar-refractivity contribution >= 4 is 0 Å². The molecule has 0 saturated heterocycles. The minimum atomic E-state index is -0.0189. The van der Waals surface area contributed by atoms with E-state index in [-0.39, 0.29) is 6.10 Å². The third kappa shape index (κ3) is 1.31. The summed E-state index contributed by atoms with van der Waals surface area (Å²) in [5.41, 5.74) is 0.508. The van der Waals surface area contributed by atoms with Crippen LogP contribution in [0, 0.1) is 11.3 Å². The molecule has 0 unspecified atom stereocenters. The Morgan fingerprint density at radius 1 is 1.42 bits per heavy atom. The van der Waals surface area contributed by atoms with Crippen LogP contribution in [0.15, 0.2) is 12.2 Å². The Kier molecular flexibility index (Phi) is 1.99. The van der Waals surface area contributed by atoms with Crippen molar-refractivity contribution in [1.29, 1.82) is 0 Å². The van der Waals surface area contributed by atoms with Gasteiger partial charge in [-0.3, -0.25) is 0 Å². The molecular formula is C11H18O. The zero-order valence-corrected chi connectivity index (χ0v) is 7.79. The molecule has 0 spiro atoms. The van der Waals surface area contributed by atoms with Crippen LogP contribution < -0.4 is 0 Å². The van der Waals surface area contributed by atoms with E-state index in [9.17, 15) is 5.11 Å². The van der Waals surface area contributed by atoms with Crippen molar-refractivity contribution in [3.63, 3.8) is 0 Å². The van der Waals surface area contributed by atoms with E-state index in [1.54, 1.807) is 0 Å². The van der Waals surface area contributed by atoms with Crippen LogP contribution in [0.25, 0.3) is 0 Å². The first-order valence-electron chi connectivity index (χ1n) is 5.04. The number of hydrogen-bond acceptors (Lipinski definition) is 1. The van der Waals surface area contributed by atoms with Gasteiger partial charge in [-0.1, -0.05) is 19.1 Å². The minimum Gasteiger partial charge on any atom is -0.393 e. The predicted octanol–water partition coefficient (Wildman–Crippen LogP) is 2.50. The van der Waals surface area contributed by atoms with Gasteiger partial charge in [-0.2, -0.15) is 0 Å². The van der Waals surface area contributed by atoms with E-state index in [0.29, 0.717) is 5.41 Å². The second-order valence-corrected chi connectivity index (χ2v) is 4.69. The van der Waals surface area contributed by atoms with Crippen molar-refractivity contribution in [1.82, 2.24) is 0 Å². The summed E-state index contributed by atoms with van der Waals surface area (Å²) in [6.45, 7) is 2.38. The van der Waals surface area contributed by atoms with Crippen LogP contribution in [0.3, 0.4) is 0 Å². The molecule has 0 aromatic rings. The summed E-state index contributed by atoms with van der Waals surface area (Å²) in [4.78, 5) is 0. The van der Waals surface area contributed by atoms with Crippen LogP contribution in [-0.2, 0) is 0 Å². The topological polar surface area (TPSA) is 20.2 Å². The number of fused-ring (bicyclic) bond motifs is 1. The number of aliphatic hydroxyl groups excluding tert-OH is 1. The average molecular weight is 166 g/mol. The molecule has 1 saturated carbocycles. The molecule has 2 aliphatic carbocycles. The Balaban J connectivity index is 2.13. The van der Waals surface area contributed by atoms with Gasteiger partial charge in [0.25, 0.3) is 0 Å². The van der Waals surface area contributed by atoms with E-state index < -0.39 is 0 Å². The summed E-state index contributed by atoms with van der Waals surface area (Å²) in [7, 11) is 0. The molecule has 2 rings (SSSR count). The van der Waals surface area contributed by atoms with Crippen molar-refractivity contribution < 1.29 is 5.11 Å². The van der Waals surface area contributed by atoms with Crippen molar-refractivity contribution in [2.45, 2.75) is 45.1 Å². The lowest BCUT2D eigenvalue weighted by Crippen LogP contribution is -2.37. The van der Waals surface area contributed by atoms with E-state index in [0.717, 1.165) is 18.8 Å². The molecular weight excluding hydrogens is 148 g/mol. The van der Waals surface area contributed by atoms with Crippen molar-refractivity contribution in [3.05, 3.63) is 12.2 Å². The summed E-state index contributed by atoms with van der Waals surface area (Å²) in [5, 5.41) is 9.54. The van der Waals surface area contributed by atoms with E-state index in [1.807, 2.05) is 0 Å². The molecule has 0 bridgehead atoms. The van der Waals surface area contributed by atoms with E-state index in [2.05, 4.69) is 19.1 Å². The molecule has 1 heteroatoms. The van der Waals surface area contributed by atoms with E-state index >= 15 is 0 Å². The molecule has 0 amide bonds. The van der Waals surface area contributed by atoms with Crippen molar-refractivity contribution in [2.24, 2.45) is 11.3 Å². The van der Waals surface area contributed by atoms with Gasteiger partial charge in [0.15, 0.2) is 0 Å². The molecule has 0 aromatic heterocycles. The zero-order chi connectivity index (χ0) is 8.60. The van der Waals surface area contributed by atoms with Gasteiger partial charge in [0.1, 0.15) is 0 Å². The number of aliphatic hydroxyl groups is 1. The van der Waals surface area contributed by atoms with Gasteiger partial charge in [-0.05, 0) is 43.4 Å². The van der Waals surface area contributed by atoms with Gasteiger partial charge in [-0.25, -0.2) is 0 Å². The van der Waals surface area contributed by atoms with Gasteiger partial charge >= 0.3 is 0 Å². The first-order chi connectivity index (χ1) is 5.71. The Bertz CT molecular complexity index is 197. The molecule has 1 nitrogen and oxygen atoms in total. The Labute approximate surface area is 74.5 Å². The highest BCUT2D eigenvalue weighted by Crippen LogP contribution is 2.47. The molecule has 0 aliphatic heterocycles. The van der Waals surface area contributed by atoms with E-state index in [1.165, 1.54) is 19.3 Å². The normalized spacial score (nSPS) is 47.2. The molecule has 2 aliphatic rings. The van der Waals surface area contributed by atoms with Gasteiger partial charge < -0.3 is 5.11 Å². The first-order valence-corrected chi connectivity index (χ1v) is 5.04. The van der Waals surface area contributed by atoms with Crippen LogP contribution in [0.2, 0.25) is 0 Å². The second-order valence-electron chi connectivity index (χ2n) is 4.69. The Morgan fingerprint density at radius 2 is 2.25 bits per heavy atom. The third-order valence-electron chi connectivity index (χ3n) is 3.76. The Hall–Kier alpha value is -0.300. The lowest BCUT2D eigenvalue weighted by atomic mass is 9.62. The molecule has 68 valence electrons. The summed E-state index contributed by atoms with van der Waals surface area (Å²) in [6.07, 6.45) is 10.2. The van der Waals surface area contributed by atoms with Crippen LogP contribution in [0.1, 0.15) is 39.0 Å². The fraction of sp³-hybridized carbons (Fsp3) is 0.818. The fourth-order valence-electron chi connectivity index (χ4n) is 2.69. The van der Waals surface area contributed by atoms with Crippen LogP contribution in [0.4, 0.5) is 0 Å². The monoisotopic (exact) mass is 166 g/mol. The first kappa shape index (κ1) is 8.31. The van der Waals surface area contributed by atoms with Gasteiger partial charge in [0, 0.05) is 0 Å². The van der Waals surface area contributed by atoms with Gasteiger partial charge in [-0.15, -0.1) is 0 Å². The molecule has 0 radical (unpaired) electrons. The van der Waals surface area contributed by atoms with Gasteiger partial charge in [0.2, 0.25) is 0 Å². The highest BCUT2D eigenvalue weighted by Gasteiger charge is 2.39. The quantitative estimate of drug-likeness (QED) is 0.548. The number of hydrogen-bond donors (Lipinski definition) is 1. The molecule has 0 heterocycles. The van der Waals surface area contributed by atoms with Crippen LogP contribution in [0.5, 0.6) is 0 Å². The third-order valence-corrected chi connectivity index (χ3v) is 3.76. The maximum absolute atomic E-state index is 9.54. The summed E-state index contributed by atoms with van der Waals surface area (Å²) in [6, 6.07) is 0. The SMILES string of the molecule is C[C@]12CC=CC[C@@H]1C[C@H](O)CC2. The second kappa shape index (κ2) is 2.88. The largest absolute Gasteiger partial charge is 0.393 e. The lowest BCUT2D eigenvalue weighted by molar-refractivity contribution is 0.0172. The number of allylic oxidation sites excluding steroid dienone is 2. The smallest absolute Gasteiger partial charge is 0.0543 e. The zero-order valence-electron chi connectivity index (χ0n) is 7.79. The predicted molar refractivity (Wildman–Crippen MR) is 49.8 cm³/mol. The lowest BCUT2D eigenvalue weighted by Gasteiger charge is -2.44. The molecule has 12 heavy (non-hydrogen) atoms. The van der Waals surface area contributed by atoms with E-state index in [4.69, 9.17) is 0 Å². The molecule has 1 N–H and O–H groups in total.